The van der Waals surface area contributed by atoms with E-state index >= 15 is 0 Å². The number of nitrogen functional groups attached to an aromatic ring is 1. The van der Waals surface area contributed by atoms with Gasteiger partial charge >= 0.3 is 0 Å². The van der Waals surface area contributed by atoms with E-state index in [2.05, 4.69) is 5.32 Å². The van der Waals surface area contributed by atoms with E-state index in [0.717, 1.165) is 6.07 Å². The fourth-order valence-corrected chi connectivity index (χ4v) is 0.994. The van der Waals surface area contributed by atoms with Crippen LogP contribution in [0.25, 0.3) is 0 Å². The SMILES string of the molecule is CC(C)(C)C(=O)Nc1c(N)ccc(F)c1F. The second-order valence-electron chi connectivity index (χ2n) is 4.53. The minimum absolute atomic E-state index is 0.00324. The van der Waals surface area contributed by atoms with Crippen molar-refractivity contribution in [1.82, 2.24) is 0 Å². The van der Waals surface area contributed by atoms with Crippen molar-refractivity contribution in [3.63, 3.8) is 0 Å². The molecule has 0 aliphatic carbocycles. The molecule has 0 heterocycles. The maximum absolute atomic E-state index is 13.3. The molecule has 0 unspecified atom stereocenters. The lowest BCUT2D eigenvalue weighted by Crippen LogP contribution is -2.28. The van der Waals surface area contributed by atoms with Crippen LogP contribution >= 0.6 is 0 Å². The van der Waals surface area contributed by atoms with E-state index in [1.807, 2.05) is 0 Å². The van der Waals surface area contributed by atoms with Crippen LogP contribution in [-0.4, -0.2) is 5.91 Å². The van der Waals surface area contributed by atoms with E-state index in [9.17, 15) is 13.6 Å². The first-order chi connectivity index (χ1) is 7.23. The highest BCUT2D eigenvalue weighted by Gasteiger charge is 2.24. The fraction of sp³-hybridized carbons (Fsp3) is 0.364. The number of hydrogen-bond acceptors (Lipinski definition) is 2. The Bertz CT molecular complexity index is 425. The van der Waals surface area contributed by atoms with Crippen LogP contribution in [-0.2, 0) is 4.79 Å². The van der Waals surface area contributed by atoms with Gasteiger partial charge in [0, 0.05) is 5.41 Å². The topological polar surface area (TPSA) is 55.1 Å². The number of hydrogen-bond donors (Lipinski definition) is 2. The molecule has 3 nitrogen and oxygen atoms in total. The van der Waals surface area contributed by atoms with Gasteiger partial charge in [-0.05, 0) is 12.1 Å². The minimum Gasteiger partial charge on any atom is -0.397 e. The Morgan fingerprint density at radius 3 is 2.38 bits per heavy atom. The largest absolute Gasteiger partial charge is 0.397 e. The second kappa shape index (κ2) is 4.08. The van der Waals surface area contributed by atoms with Crippen LogP contribution in [0, 0.1) is 17.0 Å². The number of carbonyl (C=O) groups excluding carboxylic acids is 1. The molecule has 88 valence electrons. The van der Waals surface area contributed by atoms with Gasteiger partial charge in [0.25, 0.3) is 0 Å². The van der Waals surface area contributed by atoms with Crippen molar-refractivity contribution in [1.29, 1.82) is 0 Å². The first-order valence-electron chi connectivity index (χ1n) is 4.78. The van der Waals surface area contributed by atoms with Crippen molar-refractivity contribution in [2.45, 2.75) is 20.8 Å². The van der Waals surface area contributed by atoms with Gasteiger partial charge in [-0.2, -0.15) is 0 Å². The molecular formula is C11H14F2N2O. The van der Waals surface area contributed by atoms with E-state index in [1.54, 1.807) is 20.8 Å². The maximum atomic E-state index is 13.3. The van der Waals surface area contributed by atoms with Gasteiger partial charge in [-0.15, -0.1) is 0 Å². The Labute approximate surface area is 92.6 Å². The van der Waals surface area contributed by atoms with Gasteiger partial charge in [-0.3, -0.25) is 4.79 Å². The number of nitrogens with one attached hydrogen (secondary N) is 1. The number of amides is 1. The van der Waals surface area contributed by atoms with Gasteiger partial charge in [0.1, 0.15) is 5.69 Å². The summed E-state index contributed by atoms with van der Waals surface area (Å²) in [6, 6.07) is 2.12. The van der Waals surface area contributed by atoms with Crippen LogP contribution in [0.4, 0.5) is 20.2 Å². The standard InChI is InChI=1S/C11H14F2N2O/c1-11(2,3)10(16)15-9-7(14)5-4-6(12)8(9)13/h4-5H,14H2,1-3H3,(H,15,16). The molecule has 0 aliphatic rings. The molecule has 0 aliphatic heterocycles. The first-order valence-corrected chi connectivity index (χ1v) is 4.78. The summed E-state index contributed by atoms with van der Waals surface area (Å²) in [5.41, 5.74) is 4.45. The third kappa shape index (κ3) is 2.48. The van der Waals surface area contributed by atoms with Crippen molar-refractivity contribution < 1.29 is 13.6 Å². The maximum Gasteiger partial charge on any atom is 0.229 e. The van der Waals surface area contributed by atoms with Crippen molar-refractivity contribution in [3.05, 3.63) is 23.8 Å². The highest BCUT2D eigenvalue weighted by atomic mass is 19.2. The minimum atomic E-state index is -1.14. The van der Waals surface area contributed by atoms with Gasteiger partial charge in [0.2, 0.25) is 5.91 Å². The number of benzene rings is 1. The van der Waals surface area contributed by atoms with Crippen molar-refractivity contribution in [2.24, 2.45) is 5.41 Å². The average molecular weight is 228 g/mol. The molecule has 1 rings (SSSR count). The van der Waals surface area contributed by atoms with Gasteiger partial charge in [0.05, 0.1) is 5.69 Å². The van der Waals surface area contributed by atoms with Crippen LogP contribution in [0.1, 0.15) is 20.8 Å². The highest BCUT2D eigenvalue weighted by Crippen LogP contribution is 2.26. The van der Waals surface area contributed by atoms with E-state index in [4.69, 9.17) is 5.73 Å². The van der Waals surface area contributed by atoms with Gasteiger partial charge in [-0.25, -0.2) is 8.78 Å². The van der Waals surface area contributed by atoms with Crippen LogP contribution < -0.4 is 11.1 Å². The third-order valence-corrected chi connectivity index (χ3v) is 2.05. The molecule has 3 N–H and O–H groups in total. The normalized spacial score (nSPS) is 11.3. The highest BCUT2D eigenvalue weighted by molar-refractivity contribution is 5.97. The van der Waals surface area contributed by atoms with Crippen LogP contribution in [0.5, 0.6) is 0 Å². The monoisotopic (exact) mass is 228 g/mol. The Hall–Kier alpha value is -1.65. The van der Waals surface area contributed by atoms with Gasteiger partial charge in [0.15, 0.2) is 11.6 Å². The summed E-state index contributed by atoms with van der Waals surface area (Å²) in [4.78, 5) is 11.6. The Balaban J connectivity index is 3.07. The second-order valence-corrected chi connectivity index (χ2v) is 4.53. The molecule has 5 heteroatoms. The van der Waals surface area contributed by atoms with Gasteiger partial charge < -0.3 is 11.1 Å². The van der Waals surface area contributed by atoms with E-state index in [0.29, 0.717) is 0 Å². The van der Waals surface area contributed by atoms with E-state index in [1.165, 1.54) is 6.07 Å². The van der Waals surface area contributed by atoms with E-state index < -0.39 is 23.0 Å². The quantitative estimate of drug-likeness (QED) is 0.726. The lowest BCUT2D eigenvalue weighted by Gasteiger charge is -2.18. The van der Waals surface area contributed by atoms with E-state index in [-0.39, 0.29) is 11.4 Å². The van der Waals surface area contributed by atoms with Crippen LogP contribution in [0.15, 0.2) is 12.1 Å². The molecule has 0 atom stereocenters. The van der Waals surface area contributed by atoms with Crippen LogP contribution in [0.3, 0.4) is 0 Å². The number of rotatable bonds is 1. The summed E-state index contributed by atoms with van der Waals surface area (Å²) < 4.78 is 26.3. The first kappa shape index (κ1) is 12.4. The zero-order chi connectivity index (χ0) is 12.5. The molecule has 0 aromatic heterocycles. The molecule has 0 bridgehead atoms. The Morgan fingerprint density at radius 1 is 1.31 bits per heavy atom. The zero-order valence-electron chi connectivity index (χ0n) is 9.40. The lowest BCUT2D eigenvalue weighted by molar-refractivity contribution is -0.123. The third-order valence-electron chi connectivity index (χ3n) is 2.05. The summed E-state index contributed by atoms with van der Waals surface area (Å²) >= 11 is 0. The summed E-state index contributed by atoms with van der Waals surface area (Å²) in [7, 11) is 0. The fourth-order valence-electron chi connectivity index (χ4n) is 0.994. The number of carbonyl (C=O) groups is 1. The molecular weight excluding hydrogens is 214 g/mol. The van der Waals surface area contributed by atoms with Crippen molar-refractivity contribution >= 4 is 17.3 Å². The Kier molecular flexibility index (Phi) is 3.16. The van der Waals surface area contributed by atoms with Crippen molar-refractivity contribution in [3.8, 4) is 0 Å². The summed E-state index contributed by atoms with van der Waals surface area (Å²) in [6.45, 7) is 4.99. The molecule has 1 aromatic rings. The predicted molar refractivity (Wildman–Crippen MR) is 58.9 cm³/mol. The molecule has 0 fully saturated rings. The van der Waals surface area contributed by atoms with Crippen LogP contribution in [0.2, 0.25) is 0 Å². The summed E-state index contributed by atoms with van der Waals surface area (Å²) in [5.74, 6) is -2.61. The molecule has 0 saturated carbocycles. The molecule has 1 aromatic carbocycles. The van der Waals surface area contributed by atoms with Gasteiger partial charge in [-0.1, -0.05) is 20.8 Å². The summed E-state index contributed by atoms with van der Waals surface area (Å²) in [6.07, 6.45) is 0. The van der Waals surface area contributed by atoms with Crippen molar-refractivity contribution in [2.75, 3.05) is 11.1 Å². The molecule has 0 spiro atoms. The lowest BCUT2D eigenvalue weighted by atomic mass is 9.95. The molecule has 16 heavy (non-hydrogen) atoms. The molecule has 1 amide bonds. The smallest absolute Gasteiger partial charge is 0.229 e. The Morgan fingerprint density at radius 2 is 1.88 bits per heavy atom. The summed E-state index contributed by atoms with van der Waals surface area (Å²) in [5, 5.41) is 2.28. The number of halogens is 2. The molecule has 0 saturated heterocycles. The average Bonchev–Trinajstić information content (AvgIpc) is 2.17. The molecule has 0 radical (unpaired) electrons. The number of anilines is 2. The predicted octanol–water partition coefficient (Wildman–Crippen LogP) is 2.53. The number of nitrogens with two attached hydrogens (primary N) is 1. The zero-order valence-corrected chi connectivity index (χ0v) is 9.40.